The van der Waals surface area contributed by atoms with Crippen molar-refractivity contribution in [2.45, 2.75) is 32.1 Å². The molecular formula is C21H23FN2O2. The number of likely N-dealkylation sites (tertiary alicyclic amines) is 1. The summed E-state index contributed by atoms with van der Waals surface area (Å²) in [4.78, 5) is 26.6. The van der Waals surface area contributed by atoms with Crippen molar-refractivity contribution in [2.24, 2.45) is 0 Å². The molecule has 1 heterocycles. The van der Waals surface area contributed by atoms with Crippen molar-refractivity contribution in [1.29, 1.82) is 0 Å². The van der Waals surface area contributed by atoms with Crippen LogP contribution >= 0.6 is 0 Å². The Morgan fingerprint density at radius 1 is 0.885 bits per heavy atom. The van der Waals surface area contributed by atoms with E-state index < -0.39 is 0 Å². The van der Waals surface area contributed by atoms with Crippen LogP contribution < -0.4 is 5.32 Å². The molecule has 0 radical (unpaired) electrons. The molecule has 4 nitrogen and oxygen atoms in total. The minimum atomic E-state index is -0.321. The largest absolute Gasteiger partial charge is 0.339 e. The Morgan fingerprint density at radius 3 is 2.12 bits per heavy atom. The van der Waals surface area contributed by atoms with Crippen molar-refractivity contribution in [2.75, 3.05) is 18.4 Å². The number of nitrogens with zero attached hydrogens (tertiary/aromatic N) is 1. The summed E-state index contributed by atoms with van der Waals surface area (Å²) in [5.41, 5.74) is 2.03. The van der Waals surface area contributed by atoms with E-state index in [9.17, 15) is 14.0 Å². The first kappa shape index (κ1) is 18.1. The van der Waals surface area contributed by atoms with Gasteiger partial charge in [0.1, 0.15) is 5.82 Å². The van der Waals surface area contributed by atoms with Gasteiger partial charge in [-0.25, -0.2) is 4.39 Å². The topological polar surface area (TPSA) is 49.4 Å². The van der Waals surface area contributed by atoms with Crippen LogP contribution in [0, 0.1) is 5.82 Å². The predicted octanol–water partition coefficient (Wildman–Crippen LogP) is 4.02. The van der Waals surface area contributed by atoms with Crippen molar-refractivity contribution in [3.63, 3.8) is 0 Å². The standard InChI is InChI=1S/C21H23FN2O2/c22-18-9-5-16(6-10-18)15-20(25)23-19-11-7-17(8-12-19)21(26)24-13-3-1-2-4-14-24/h5-12H,1-4,13-15H2,(H,23,25). The van der Waals surface area contributed by atoms with Crippen molar-refractivity contribution in [1.82, 2.24) is 4.90 Å². The lowest BCUT2D eigenvalue weighted by atomic mass is 10.1. The Labute approximate surface area is 153 Å². The second kappa shape index (κ2) is 8.61. The number of nitrogens with one attached hydrogen (secondary N) is 1. The van der Waals surface area contributed by atoms with E-state index in [1.54, 1.807) is 36.4 Å². The summed E-state index contributed by atoms with van der Waals surface area (Å²) in [6, 6.07) is 12.9. The number of carbonyl (C=O) groups excluding carboxylic acids is 2. The van der Waals surface area contributed by atoms with Crippen LogP contribution in [0.5, 0.6) is 0 Å². The third-order valence-corrected chi connectivity index (χ3v) is 4.59. The molecule has 1 aliphatic heterocycles. The molecular weight excluding hydrogens is 331 g/mol. The number of rotatable bonds is 4. The summed E-state index contributed by atoms with van der Waals surface area (Å²) in [6.45, 7) is 1.63. The predicted molar refractivity (Wildman–Crippen MR) is 99.5 cm³/mol. The molecule has 1 fully saturated rings. The van der Waals surface area contributed by atoms with E-state index in [4.69, 9.17) is 0 Å². The van der Waals surface area contributed by atoms with Gasteiger partial charge in [-0.3, -0.25) is 9.59 Å². The van der Waals surface area contributed by atoms with E-state index in [-0.39, 0.29) is 24.1 Å². The highest BCUT2D eigenvalue weighted by Crippen LogP contribution is 2.16. The van der Waals surface area contributed by atoms with E-state index in [1.165, 1.54) is 25.0 Å². The summed E-state index contributed by atoms with van der Waals surface area (Å²) in [7, 11) is 0. The van der Waals surface area contributed by atoms with E-state index in [2.05, 4.69) is 5.32 Å². The quantitative estimate of drug-likeness (QED) is 0.901. The molecule has 0 spiro atoms. The van der Waals surface area contributed by atoms with E-state index in [0.29, 0.717) is 11.3 Å². The highest BCUT2D eigenvalue weighted by molar-refractivity contribution is 5.96. The van der Waals surface area contributed by atoms with E-state index >= 15 is 0 Å². The number of hydrogen-bond donors (Lipinski definition) is 1. The summed E-state index contributed by atoms with van der Waals surface area (Å²) in [6.07, 6.45) is 4.66. The molecule has 136 valence electrons. The molecule has 1 aliphatic rings. The van der Waals surface area contributed by atoms with Gasteiger partial charge in [0, 0.05) is 24.3 Å². The average molecular weight is 354 g/mol. The third kappa shape index (κ3) is 4.91. The molecule has 2 aromatic rings. The van der Waals surface area contributed by atoms with Crippen molar-refractivity contribution < 1.29 is 14.0 Å². The van der Waals surface area contributed by atoms with Crippen LogP contribution in [0.2, 0.25) is 0 Å². The smallest absolute Gasteiger partial charge is 0.253 e. The summed E-state index contributed by atoms with van der Waals surface area (Å²) < 4.78 is 12.9. The molecule has 0 saturated carbocycles. The highest BCUT2D eigenvalue weighted by Gasteiger charge is 2.17. The second-order valence-corrected chi connectivity index (χ2v) is 6.64. The first-order valence-corrected chi connectivity index (χ1v) is 9.05. The van der Waals surface area contributed by atoms with Gasteiger partial charge in [0.2, 0.25) is 5.91 Å². The fourth-order valence-corrected chi connectivity index (χ4v) is 3.15. The van der Waals surface area contributed by atoms with Crippen LogP contribution in [0.25, 0.3) is 0 Å². The lowest BCUT2D eigenvalue weighted by Gasteiger charge is -2.20. The van der Waals surface area contributed by atoms with Crippen LogP contribution in [0.15, 0.2) is 48.5 Å². The highest BCUT2D eigenvalue weighted by atomic mass is 19.1. The van der Waals surface area contributed by atoms with Gasteiger partial charge in [-0.1, -0.05) is 25.0 Å². The minimum Gasteiger partial charge on any atom is -0.339 e. The van der Waals surface area contributed by atoms with Crippen LogP contribution in [0.1, 0.15) is 41.6 Å². The first-order chi connectivity index (χ1) is 12.6. The molecule has 0 bridgehead atoms. The molecule has 26 heavy (non-hydrogen) atoms. The lowest BCUT2D eigenvalue weighted by molar-refractivity contribution is -0.115. The first-order valence-electron chi connectivity index (χ1n) is 9.05. The normalized spacial score (nSPS) is 14.6. The zero-order chi connectivity index (χ0) is 18.4. The second-order valence-electron chi connectivity index (χ2n) is 6.64. The number of halogens is 1. The van der Waals surface area contributed by atoms with Crippen molar-refractivity contribution in [3.05, 3.63) is 65.5 Å². The lowest BCUT2D eigenvalue weighted by Crippen LogP contribution is -2.31. The van der Waals surface area contributed by atoms with E-state index in [0.717, 1.165) is 31.5 Å². The van der Waals surface area contributed by atoms with Gasteiger partial charge in [0.05, 0.1) is 6.42 Å². The number of hydrogen-bond acceptors (Lipinski definition) is 2. The molecule has 1 N–H and O–H groups in total. The van der Waals surface area contributed by atoms with Crippen molar-refractivity contribution >= 4 is 17.5 Å². The molecule has 2 aromatic carbocycles. The number of amides is 2. The Kier molecular flexibility index (Phi) is 6.00. The number of carbonyl (C=O) groups is 2. The average Bonchev–Trinajstić information content (AvgIpc) is 2.93. The van der Waals surface area contributed by atoms with Crippen LogP contribution in [0.4, 0.5) is 10.1 Å². The summed E-state index contributed by atoms with van der Waals surface area (Å²) in [5, 5.41) is 2.80. The van der Waals surface area contributed by atoms with Crippen LogP contribution in [-0.2, 0) is 11.2 Å². The third-order valence-electron chi connectivity index (χ3n) is 4.59. The molecule has 3 rings (SSSR count). The van der Waals surface area contributed by atoms with Gasteiger partial charge < -0.3 is 10.2 Å². The number of benzene rings is 2. The van der Waals surface area contributed by atoms with Gasteiger partial charge in [-0.2, -0.15) is 0 Å². The molecule has 1 saturated heterocycles. The molecule has 0 atom stereocenters. The molecule has 2 amide bonds. The molecule has 0 aliphatic carbocycles. The molecule has 5 heteroatoms. The Bertz CT molecular complexity index is 749. The fourth-order valence-electron chi connectivity index (χ4n) is 3.15. The maximum atomic E-state index is 12.9. The van der Waals surface area contributed by atoms with Gasteiger partial charge in [0.15, 0.2) is 0 Å². The van der Waals surface area contributed by atoms with Crippen LogP contribution in [0.3, 0.4) is 0 Å². The monoisotopic (exact) mass is 354 g/mol. The zero-order valence-corrected chi connectivity index (χ0v) is 14.7. The maximum absolute atomic E-state index is 12.9. The Morgan fingerprint density at radius 2 is 1.50 bits per heavy atom. The van der Waals surface area contributed by atoms with E-state index in [1.807, 2.05) is 4.90 Å². The van der Waals surface area contributed by atoms with Gasteiger partial charge in [0.25, 0.3) is 5.91 Å². The van der Waals surface area contributed by atoms with Gasteiger partial charge in [-0.15, -0.1) is 0 Å². The molecule has 0 aromatic heterocycles. The fraction of sp³-hybridized carbons (Fsp3) is 0.333. The van der Waals surface area contributed by atoms with Gasteiger partial charge >= 0.3 is 0 Å². The zero-order valence-electron chi connectivity index (χ0n) is 14.7. The Hall–Kier alpha value is -2.69. The summed E-state index contributed by atoms with van der Waals surface area (Å²) in [5.74, 6) is -0.446. The van der Waals surface area contributed by atoms with Crippen LogP contribution in [-0.4, -0.2) is 29.8 Å². The maximum Gasteiger partial charge on any atom is 0.253 e. The Balaban J connectivity index is 1.57. The minimum absolute atomic E-state index is 0.0519. The van der Waals surface area contributed by atoms with Gasteiger partial charge in [-0.05, 0) is 54.8 Å². The number of anilines is 1. The molecule has 0 unspecified atom stereocenters. The SMILES string of the molecule is O=C(Cc1ccc(F)cc1)Nc1ccc(C(=O)N2CCCCCC2)cc1. The summed E-state index contributed by atoms with van der Waals surface area (Å²) >= 11 is 0. The van der Waals surface area contributed by atoms with Crippen molar-refractivity contribution in [3.8, 4) is 0 Å².